The first-order valence-corrected chi connectivity index (χ1v) is 4.49. The average molecular weight is 157 g/mol. The van der Waals surface area contributed by atoms with Crippen LogP contribution in [0.1, 0.15) is 47.0 Å². The monoisotopic (exact) mass is 157 g/mol. The molecule has 1 radical (unpaired) electrons. The minimum Gasteiger partial charge on any atom is -0.376 e. The summed E-state index contributed by atoms with van der Waals surface area (Å²) in [6, 6.07) is 0. The average Bonchev–Trinajstić information content (AvgIpc) is 1.85. The lowest BCUT2D eigenvalue weighted by molar-refractivity contribution is 0.155. The van der Waals surface area contributed by atoms with Crippen molar-refractivity contribution in [3.8, 4) is 0 Å². The molecule has 0 saturated heterocycles. The maximum Gasteiger partial charge on any atom is 0.0836 e. The van der Waals surface area contributed by atoms with Gasteiger partial charge in [-0.15, -0.1) is 0 Å². The normalized spacial score (nSPS) is 12.0. The van der Waals surface area contributed by atoms with E-state index in [0.29, 0.717) is 5.41 Å². The largest absolute Gasteiger partial charge is 0.376 e. The molecule has 0 aromatic carbocycles. The van der Waals surface area contributed by atoms with E-state index in [1.54, 1.807) is 0 Å². The predicted octanol–water partition coefficient (Wildman–Crippen LogP) is 3.40. The van der Waals surface area contributed by atoms with Gasteiger partial charge < -0.3 is 4.74 Å². The van der Waals surface area contributed by atoms with Gasteiger partial charge in [0.05, 0.1) is 6.61 Å². The summed E-state index contributed by atoms with van der Waals surface area (Å²) in [4.78, 5) is 0. The molecule has 0 amide bonds. The van der Waals surface area contributed by atoms with Crippen molar-refractivity contribution in [2.24, 2.45) is 5.41 Å². The van der Waals surface area contributed by atoms with Crippen LogP contribution in [0.3, 0.4) is 0 Å². The van der Waals surface area contributed by atoms with Gasteiger partial charge in [-0.05, 0) is 18.3 Å². The van der Waals surface area contributed by atoms with Gasteiger partial charge in [0.2, 0.25) is 0 Å². The highest BCUT2D eigenvalue weighted by molar-refractivity contribution is 4.60. The van der Waals surface area contributed by atoms with Crippen molar-refractivity contribution in [1.82, 2.24) is 0 Å². The van der Waals surface area contributed by atoms with Crippen LogP contribution >= 0.6 is 0 Å². The Balaban J connectivity index is 3.02. The van der Waals surface area contributed by atoms with Crippen LogP contribution in [0.15, 0.2) is 0 Å². The lowest BCUT2D eigenvalue weighted by Gasteiger charge is -2.17. The van der Waals surface area contributed by atoms with E-state index >= 15 is 0 Å². The molecule has 0 heterocycles. The van der Waals surface area contributed by atoms with Crippen LogP contribution in [0, 0.1) is 12.0 Å². The van der Waals surface area contributed by atoms with Crippen molar-refractivity contribution in [2.45, 2.75) is 47.0 Å². The Morgan fingerprint density at radius 2 is 1.91 bits per heavy atom. The molecule has 0 atom stereocenters. The van der Waals surface area contributed by atoms with Crippen molar-refractivity contribution in [1.29, 1.82) is 0 Å². The highest BCUT2D eigenvalue weighted by Gasteiger charge is 2.08. The van der Waals surface area contributed by atoms with Gasteiger partial charge in [-0.1, -0.05) is 34.1 Å². The van der Waals surface area contributed by atoms with Gasteiger partial charge in [-0.3, -0.25) is 0 Å². The molecule has 67 valence electrons. The van der Waals surface area contributed by atoms with Gasteiger partial charge in [0, 0.05) is 6.61 Å². The van der Waals surface area contributed by atoms with Gasteiger partial charge in [0.1, 0.15) is 0 Å². The molecule has 0 aliphatic heterocycles. The molecule has 1 nitrogen and oxygen atoms in total. The van der Waals surface area contributed by atoms with Gasteiger partial charge in [-0.2, -0.15) is 0 Å². The molecule has 0 bridgehead atoms. The van der Waals surface area contributed by atoms with Crippen molar-refractivity contribution in [3.05, 3.63) is 6.61 Å². The van der Waals surface area contributed by atoms with E-state index < -0.39 is 0 Å². The van der Waals surface area contributed by atoms with Gasteiger partial charge in [0.15, 0.2) is 0 Å². The Morgan fingerprint density at radius 3 is 2.36 bits per heavy atom. The quantitative estimate of drug-likeness (QED) is 0.556. The van der Waals surface area contributed by atoms with Crippen molar-refractivity contribution in [3.63, 3.8) is 0 Å². The fourth-order valence-electron chi connectivity index (χ4n) is 0.650. The SMILES string of the molecule is CCC[CH]OCCC(C)(C)C. The van der Waals surface area contributed by atoms with E-state index in [0.717, 1.165) is 19.4 Å². The Labute approximate surface area is 71.1 Å². The van der Waals surface area contributed by atoms with Crippen molar-refractivity contribution in [2.75, 3.05) is 6.61 Å². The molecular weight excluding hydrogens is 136 g/mol. The zero-order valence-electron chi connectivity index (χ0n) is 8.31. The molecule has 0 aliphatic rings. The number of hydrogen-bond acceptors (Lipinski definition) is 1. The summed E-state index contributed by atoms with van der Waals surface area (Å²) in [5, 5.41) is 0. The minimum atomic E-state index is 0.403. The summed E-state index contributed by atoms with van der Waals surface area (Å²) in [6.07, 6.45) is 3.38. The third-order valence-corrected chi connectivity index (χ3v) is 1.49. The number of unbranched alkanes of at least 4 members (excludes halogenated alkanes) is 1. The van der Waals surface area contributed by atoms with Crippen molar-refractivity contribution >= 4 is 0 Å². The van der Waals surface area contributed by atoms with E-state index in [9.17, 15) is 0 Å². The third kappa shape index (κ3) is 9.96. The smallest absolute Gasteiger partial charge is 0.0836 e. The Morgan fingerprint density at radius 1 is 1.27 bits per heavy atom. The van der Waals surface area contributed by atoms with Crippen LogP contribution < -0.4 is 0 Å². The van der Waals surface area contributed by atoms with E-state index in [1.165, 1.54) is 6.42 Å². The zero-order chi connectivity index (χ0) is 8.74. The molecule has 0 aromatic heterocycles. The molecule has 0 rings (SSSR count). The van der Waals surface area contributed by atoms with Crippen LogP contribution in [0.4, 0.5) is 0 Å². The fourth-order valence-corrected chi connectivity index (χ4v) is 0.650. The van der Waals surface area contributed by atoms with Crippen LogP contribution in [0.5, 0.6) is 0 Å². The topological polar surface area (TPSA) is 9.23 Å². The molecule has 0 spiro atoms. The molecule has 0 unspecified atom stereocenters. The minimum absolute atomic E-state index is 0.403. The van der Waals surface area contributed by atoms with Crippen LogP contribution in [-0.4, -0.2) is 6.61 Å². The molecular formula is C10H21O. The molecule has 0 fully saturated rings. The summed E-state index contributed by atoms with van der Waals surface area (Å²) in [5.74, 6) is 0. The lowest BCUT2D eigenvalue weighted by Crippen LogP contribution is -2.08. The summed E-state index contributed by atoms with van der Waals surface area (Å²) < 4.78 is 5.33. The van der Waals surface area contributed by atoms with E-state index in [1.807, 2.05) is 6.61 Å². The van der Waals surface area contributed by atoms with Gasteiger partial charge in [-0.25, -0.2) is 0 Å². The summed E-state index contributed by atoms with van der Waals surface area (Å²) in [5.41, 5.74) is 0.403. The summed E-state index contributed by atoms with van der Waals surface area (Å²) >= 11 is 0. The third-order valence-electron chi connectivity index (χ3n) is 1.49. The molecule has 11 heavy (non-hydrogen) atoms. The molecule has 0 saturated carbocycles. The second kappa shape index (κ2) is 5.59. The van der Waals surface area contributed by atoms with Crippen LogP contribution in [0.2, 0.25) is 0 Å². The molecule has 0 aliphatic carbocycles. The second-order valence-corrected chi connectivity index (χ2v) is 4.14. The highest BCUT2D eigenvalue weighted by Crippen LogP contribution is 2.18. The number of rotatable bonds is 5. The molecule has 0 N–H and O–H groups in total. The zero-order valence-corrected chi connectivity index (χ0v) is 8.31. The van der Waals surface area contributed by atoms with Gasteiger partial charge in [0.25, 0.3) is 0 Å². The maximum atomic E-state index is 5.33. The second-order valence-electron chi connectivity index (χ2n) is 4.14. The Bertz CT molecular complexity index is 81.4. The van der Waals surface area contributed by atoms with E-state index in [4.69, 9.17) is 4.74 Å². The maximum absolute atomic E-state index is 5.33. The lowest BCUT2D eigenvalue weighted by atomic mass is 9.93. The Hall–Kier alpha value is -0.0400. The number of ether oxygens (including phenoxy) is 1. The fraction of sp³-hybridized carbons (Fsp3) is 0.900. The Kier molecular flexibility index (Phi) is 5.57. The van der Waals surface area contributed by atoms with Crippen LogP contribution in [-0.2, 0) is 4.74 Å². The first kappa shape index (κ1) is 11.0. The standard InChI is InChI=1S/C10H21O/c1-5-6-8-11-9-7-10(2,3)4/h8H,5-7,9H2,1-4H3. The highest BCUT2D eigenvalue weighted by atomic mass is 16.5. The predicted molar refractivity (Wildman–Crippen MR) is 49.2 cm³/mol. The first-order chi connectivity index (χ1) is 5.06. The first-order valence-electron chi connectivity index (χ1n) is 4.49. The van der Waals surface area contributed by atoms with Crippen molar-refractivity contribution < 1.29 is 4.74 Å². The summed E-state index contributed by atoms with van der Waals surface area (Å²) in [6.45, 7) is 11.6. The van der Waals surface area contributed by atoms with E-state index in [2.05, 4.69) is 27.7 Å². The van der Waals surface area contributed by atoms with E-state index in [-0.39, 0.29) is 0 Å². The summed E-state index contributed by atoms with van der Waals surface area (Å²) in [7, 11) is 0. The number of hydrogen-bond donors (Lipinski definition) is 0. The molecule has 1 heteroatoms. The molecule has 0 aromatic rings. The van der Waals surface area contributed by atoms with Gasteiger partial charge >= 0.3 is 0 Å². The van der Waals surface area contributed by atoms with Crippen LogP contribution in [0.25, 0.3) is 0 Å².